The normalized spacial score (nSPS) is 12.3. The van der Waals surface area contributed by atoms with Crippen LogP contribution in [0.15, 0.2) is 59.5 Å². The predicted octanol–water partition coefficient (Wildman–Crippen LogP) is 2.90. The molecular formula is C16H18OSSe. The quantitative estimate of drug-likeness (QED) is 0.646. The van der Waals surface area contributed by atoms with E-state index in [0.29, 0.717) is 15.0 Å². The van der Waals surface area contributed by atoms with Crippen LogP contribution in [0.4, 0.5) is 0 Å². The first-order valence-electron chi connectivity index (χ1n) is 6.30. The molecule has 1 atom stereocenters. The van der Waals surface area contributed by atoms with Gasteiger partial charge in [0.05, 0.1) is 0 Å². The molecule has 0 spiro atoms. The Morgan fingerprint density at radius 2 is 1.74 bits per heavy atom. The summed E-state index contributed by atoms with van der Waals surface area (Å²) in [6, 6.07) is 18.7. The van der Waals surface area contributed by atoms with Gasteiger partial charge in [-0.1, -0.05) is 0 Å². The minimum absolute atomic E-state index is 0.218. The van der Waals surface area contributed by atoms with Crippen LogP contribution in [0.25, 0.3) is 0 Å². The molecule has 19 heavy (non-hydrogen) atoms. The maximum atomic E-state index is 10.1. The van der Waals surface area contributed by atoms with Crippen LogP contribution in [-0.4, -0.2) is 31.9 Å². The molecule has 0 heterocycles. The Kier molecular flexibility index (Phi) is 5.99. The fourth-order valence-corrected chi connectivity index (χ4v) is 4.87. The van der Waals surface area contributed by atoms with Crippen LogP contribution >= 0.6 is 11.8 Å². The molecule has 100 valence electrons. The van der Waals surface area contributed by atoms with E-state index in [1.807, 2.05) is 18.2 Å². The number of rotatable bonds is 6. The van der Waals surface area contributed by atoms with Crippen molar-refractivity contribution in [3.63, 3.8) is 0 Å². The second-order valence-electron chi connectivity index (χ2n) is 4.35. The van der Waals surface area contributed by atoms with Crippen LogP contribution in [0.5, 0.6) is 0 Å². The van der Waals surface area contributed by atoms with Crippen LogP contribution in [0.1, 0.15) is 5.56 Å². The van der Waals surface area contributed by atoms with E-state index in [9.17, 15) is 5.11 Å². The first-order valence-corrected chi connectivity index (χ1v) is 9.35. The van der Waals surface area contributed by atoms with Crippen molar-refractivity contribution in [2.24, 2.45) is 0 Å². The van der Waals surface area contributed by atoms with Crippen molar-refractivity contribution in [3.05, 3.63) is 60.2 Å². The minimum atomic E-state index is -0.218. The van der Waals surface area contributed by atoms with E-state index < -0.39 is 0 Å². The Morgan fingerprint density at radius 3 is 2.47 bits per heavy atom. The molecule has 1 nitrogen and oxygen atoms in total. The third kappa shape index (κ3) is 5.04. The summed E-state index contributed by atoms with van der Waals surface area (Å²) in [6.45, 7) is 2.14. The van der Waals surface area contributed by atoms with Gasteiger partial charge in [0, 0.05) is 0 Å². The molecule has 0 fully saturated rings. The average molecular weight is 337 g/mol. The first kappa shape index (κ1) is 14.7. The van der Waals surface area contributed by atoms with Crippen molar-refractivity contribution >= 4 is 31.2 Å². The van der Waals surface area contributed by atoms with E-state index >= 15 is 0 Å². The molecule has 0 saturated carbocycles. The van der Waals surface area contributed by atoms with Gasteiger partial charge in [-0.25, -0.2) is 0 Å². The molecule has 2 aromatic rings. The Hall–Kier alpha value is -0.731. The monoisotopic (exact) mass is 338 g/mol. The Balaban J connectivity index is 1.76. The third-order valence-electron chi connectivity index (χ3n) is 2.71. The van der Waals surface area contributed by atoms with Crippen molar-refractivity contribution in [1.29, 1.82) is 0 Å². The standard InChI is InChI=1S/C16H18OSSe/c1-13-7-5-6-10-16(13)19-12-14(17)11-18-15-8-3-2-4-9-15/h2-10,14,17H,11-12H2,1H3. The van der Waals surface area contributed by atoms with Gasteiger partial charge in [-0.15, -0.1) is 0 Å². The van der Waals surface area contributed by atoms with Crippen molar-refractivity contribution in [1.82, 2.24) is 0 Å². The van der Waals surface area contributed by atoms with Crippen LogP contribution in [-0.2, 0) is 0 Å². The van der Waals surface area contributed by atoms with Crippen molar-refractivity contribution in [2.45, 2.75) is 23.2 Å². The van der Waals surface area contributed by atoms with Crippen molar-refractivity contribution < 1.29 is 5.11 Å². The molecule has 0 aromatic heterocycles. The summed E-state index contributed by atoms with van der Waals surface area (Å²) >= 11 is 2.09. The van der Waals surface area contributed by atoms with Crippen LogP contribution < -0.4 is 4.46 Å². The summed E-state index contributed by atoms with van der Waals surface area (Å²) in [6.07, 6.45) is -0.218. The molecule has 0 saturated heterocycles. The van der Waals surface area contributed by atoms with Gasteiger partial charge in [-0.05, 0) is 0 Å². The Bertz CT molecular complexity index is 501. The number of aliphatic hydroxyl groups excluding tert-OH is 1. The molecule has 0 aliphatic carbocycles. The average Bonchev–Trinajstić information content (AvgIpc) is 2.45. The van der Waals surface area contributed by atoms with Gasteiger partial charge in [0.2, 0.25) is 0 Å². The maximum absolute atomic E-state index is 10.1. The molecule has 1 N–H and O–H groups in total. The summed E-state index contributed by atoms with van der Waals surface area (Å²) in [7, 11) is 0. The second-order valence-corrected chi connectivity index (χ2v) is 7.68. The molecule has 0 aliphatic rings. The molecule has 2 aromatic carbocycles. The molecule has 0 bridgehead atoms. The van der Waals surface area contributed by atoms with Crippen LogP contribution in [0.2, 0.25) is 5.32 Å². The third-order valence-corrected chi connectivity index (χ3v) is 6.64. The zero-order valence-corrected chi connectivity index (χ0v) is 13.5. The van der Waals surface area contributed by atoms with Gasteiger partial charge in [0.25, 0.3) is 0 Å². The molecule has 1 unspecified atom stereocenters. The molecule has 0 aliphatic heterocycles. The van der Waals surface area contributed by atoms with E-state index in [2.05, 4.69) is 43.3 Å². The van der Waals surface area contributed by atoms with Gasteiger partial charge >= 0.3 is 125 Å². The van der Waals surface area contributed by atoms with Gasteiger partial charge < -0.3 is 0 Å². The summed E-state index contributed by atoms with van der Waals surface area (Å²) in [5, 5.41) is 10.9. The summed E-state index contributed by atoms with van der Waals surface area (Å²) in [5.41, 5.74) is 1.34. The molecule has 2 rings (SSSR count). The summed E-state index contributed by atoms with van der Waals surface area (Å²) in [5.74, 6) is 0.775. The zero-order valence-electron chi connectivity index (χ0n) is 11.0. The number of aryl methyl sites for hydroxylation is 1. The topological polar surface area (TPSA) is 20.2 Å². The van der Waals surface area contributed by atoms with Crippen molar-refractivity contribution in [3.8, 4) is 0 Å². The van der Waals surface area contributed by atoms with E-state index in [4.69, 9.17) is 0 Å². The van der Waals surface area contributed by atoms with Crippen molar-refractivity contribution in [2.75, 3.05) is 5.75 Å². The number of hydrogen-bond acceptors (Lipinski definition) is 2. The van der Waals surface area contributed by atoms with E-state index in [-0.39, 0.29) is 6.10 Å². The van der Waals surface area contributed by atoms with Gasteiger partial charge in [0.1, 0.15) is 0 Å². The first-order chi connectivity index (χ1) is 9.25. The second kappa shape index (κ2) is 7.76. The number of benzene rings is 2. The fraction of sp³-hybridized carbons (Fsp3) is 0.250. The fourth-order valence-electron chi connectivity index (χ4n) is 1.66. The number of aliphatic hydroxyl groups is 1. The predicted molar refractivity (Wildman–Crippen MR) is 84.5 cm³/mol. The van der Waals surface area contributed by atoms with Gasteiger partial charge in [0.15, 0.2) is 0 Å². The van der Waals surface area contributed by atoms with E-state index in [0.717, 1.165) is 11.1 Å². The molecular weight excluding hydrogens is 319 g/mol. The Morgan fingerprint density at radius 1 is 1.05 bits per heavy atom. The van der Waals surface area contributed by atoms with Crippen LogP contribution in [0.3, 0.4) is 0 Å². The summed E-state index contributed by atoms with van der Waals surface area (Å²) < 4.78 is 1.40. The van der Waals surface area contributed by atoms with Gasteiger partial charge in [-0.3, -0.25) is 0 Å². The molecule has 0 radical (unpaired) electrons. The zero-order chi connectivity index (χ0) is 13.5. The van der Waals surface area contributed by atoms with E-state index in [1.165, 1.54) is 14.9 Å². The van der Waals surface area contributed by atoms with Gasteiger partial charge in [-0.2, -0.15) is 0 Å². The number of hydrogen-bond donors (Lipinski definition) is 1. The molecule has 3 heteroatoms. The van der Waals surface area contributed by atoms with Crippen LogP contribution in [0, 0.1) is 6.92 Å². The van der Waals surface area contributed by atoms with E-state index in [1.54, 1.807) is 11.8 Å². The summed E-state index contributed by atoms with van der Waals surface area (Å²) in [4.78, 5) is 1.23. The number of thioether (sulfide) groups is 1. The Labute approximate surface area is 125 Å². The SMILES string of the molecule is Cc1ccccc1[Se]CC(O)CSc1ccccc1. The molecule has 0 amide bonds.